The number of aromatic amines is 1. The van der Waals surface area contributed by atoms with Gasteiger partial charge in [0.15, 0.2) is 17.4 Å². The van der Waals surface area contributed by atoms with Crippen LogP contribution in [0.4, 0.5) is 0 Å². The van der Waals surface area contributed by atoms with Crippen LogP contribution in [0.2, 0.25) is 0 Å². The highest BCUT2D eigenvalue weighted by Gasteiger charge is 2.44. The molecule has 2 aromatic rings. The zero-order chi connectivity index (χ0) is 16.8. The second kappa shape index (κ2) is 5.98. The van der Waals surface area contributed by atoms with Gasteiger partial charge in [0.05, 0.1) is 30.6 Å². The number of hydrogen-bond donors (Lipinski definition) is 5. The lowest BCUT2D eigenvalue weighted by molar-refractivity contribution is -0.0422. The Labute approximate surface area is 133 Å². The Morgan fingerprint density at radius 3 is 2.91 bits per heavy atom. The fourth-order valence-corrected chi connectivity index (χ4v) is 3.06. The van der Waals surface area contributed by atoms with Gasteiger partial charge in [-0.2, -0.15) is 12.6 Å². The van der Waals surface area contributed by atoms with Gasteiger partial charge in [0.2, 0.25) is 0 Å². The molecule has 0 aromatic carbocycles. The molecule has 1 saturated heterocycles. The molecule has 0 saturated carbocycles. The minimum atomic E-state index is -4.68. The summed E-state index contributed by atoms with van der Waals surface area (Å²) in [6, 6.07) is 0. The van der Waals surface area contributed by atoms with Gasteiger partial charge >= 0.3 is 7.82 Å². The SMILES string of the molecule is O=c1[nH]cnc2c1ncn2C1OC(COP(=O)(O)O)C(O)C1S. The molecule has 4 unspecified atom stereocenters. The number of imidazole rings is 1. The minimum absolute atomic E-state index is 0.0982. The van der Waals surface area contributed by atoms with Crippen molar-refractivity contribution < 1.29 is 28.7 Å². The van der Waals surface area contributed by atoms with Crippen molar-refractivity contribution in [1.82, 2.24) is 19.5 Å². The van der Waals surface area contributed by atoms with Gasteiger partial charge in [0, 0.05) is 0 Å². The third-order valence-corrected chi connectivity index (χ3v) is 4.43. The third-order valence-electron chi connectivity index (χ3n) is 3.38. The van der Waals surface area contributed by atoms with Crippen LogP contribution < -0.4 is 5.56 Å². The van der Waals surface area contributed by atoms with Gasteiger partial charge in [-0.3, -0.25) is 13.9 Å². The molecule has 0 bridgehead atoms. The van der Waals surface area contributed by atoms with E-state index in [1.165, 1.54) is 17.2 Å². The van der Waals surface area contributed by atoms with Crippen LogP contribution in [0.25, 0.3) is 11.2 Å². The van der Waals surface area contributed by atoms with Gasteiger partial charge in [-0.1, -0.05) is 0 Å². The molecule has 4 atom stereocenters. The van der Waals surface area contributed by atoms with Crippen molar-refractivity contribution in [3.63, 3.8) is 0 Å². The number of H-pyrrole nitrogens is 1. The maximum Gasteiger partial charge on any atom is 0.469 e. The number of nitrogens with zero attached hydrogens (tertiary/aromatic N) is 3. The van der Waals surface area contributed by atoms with E-state index in [2.05, 4.69) is 32.1 Å². The number of phosphoric acid groups is 1. The average Bonchev–Trinajstić information content (AvgIpc) is 3.01. The molecule has 0 aliphatic carbocycles. The average molecular weight is 364 g/mol. The number of thiol groups is 1. The first-order valence-corrected chi connectivity index (χ1v) is 8.44. The number of aliphatic hydroxyl groups is 1. The van der Waals surface area contributed by atoms with Crippen molar-refractivity contribution in [2.75, 3.05) is 6.61 Å². The lowest BCUT2D eigenvalue weighted by Gasteiger charge is -2.16. The van der Waals surface area contributed by atoms with Gasteiger partial charge < -0.3 is 24.6 Å². The van der Waals surface area contributed by atoms with Gasteiger partial charge in [-0.05, 0) is 0 Å². The third kappa shape index (κ3) is 3.19. The second-order valence-corrected chi connectivity index (χ2v) is 6.72. The Morgan fingerprint density at radius 1 is 1.48 bits per heavy atom. The molecule has 0 spiro atoms. The summed E-state index contributed by atoms with van der Waals surface area (Å²) in [4.78, 5) is 39.4. The number of aliphatic hydroxyl groups excluding tert-OH is 1. The van der Waals surface area contributed by atoms with Crippen LogP contribution in [0.1, 0.15) is 6.23 Å². The Bertz CT molecular complexity index is 819. The standard InChI is InChI=1S/C10H13N4O7PS/c15-6-4(1-20-22(17,18)19)21-10(7(6)23)14-3-13-5-8(14)11-2-12-9(5)16/h2-4,6-7,10,15,23H,1H2,(H,11,12,16)(H2,17,18,19). The Hall–Kier alpha value is -1.27. The number of ether oxygens (including phenoxy) is 1. The van der Waals surface area contributed by atoms with Crippen LogP contribution in [-0.4, -0.2) is 58.5 Å². The van der Waals surface area contributed by atoms with Crippen LogP contribution >= 0.6 is 20.5 Å². The summed E-state index contributed by atoms with van der Waals surface area (Å²) in [5, 5.41) is 9.36. The highest BCUT2D eigenvalue weighted by Crippen LogP contribution is 2.39. The van der Waals surface area contributed by atoms with Crippen LogP contribution in [0.5, 0.6) is 0 Å². The number of rotatable bonds is 4. The molecule has 126 valence electrons. The monoisotopic (exact) mass is 364 g/mol. The normalized spacial score (nSPS) is 28.5. The summed E-state index contributed by atoms with van der Waals surface area (Å²) in [5.74, 6) is 0. The van der Waals surface area contributed by atoms with E-state index in [9.17, 15) is 14.5 Å². The number of aromatic nitrogens is 4. The van der Waals surface area contributed by atoms with Gasteiger partial charge in [0.25, 0.3) is 5.56 Å². The van der Waals surface area contributed by atoms with Crippen molar-refractivity contribution in [1.29, 1.82) is 0 Å². The first-order chi connectivity index (χ1) is 10.8. The summed E-state index contributed by atoms with van der Waals surface area (Å²) in [6.07, 6.45) is -0.461. The predicted molar refractivity (Wildman–Crippen MR) is 78.8 cm³/mol. The smallest absolute Gasteiger partial charge is 0.389 e. The van der Waals surface area contributed by atoms with Crippen LogP contribution in [0.15, 0.2) is 17.4 Å². The summed E-state index contributed by atoms with van der Waals surface area (Å²) < 4.78 is 22.1. The van der Waals surface area contributed by atoms with Gasteiger partial charge in [0.1, 0.15) is 6.10 Å². The molecule has 0 radical (unpaired) electrons. The Balaban J connectivity index is 1.87. The van der Waals surface area contributed by atoms with E-state index in [0.29, 0.717) is 0 Å². The fourth-order valence-electron chi connectivity index (χ4n) is 2.32. The topological polar surface area (TPSA) is 160 Å². The molecule has 1 fully saturated rings. The quantitative estimate of drug-likeness (QED) is 0.331. The van der Waals surface area contributed by atoms with E-state index < -0.39 is 43.7 Å². The molecule has 1 aliphatic heterocycles. The van der Waals surface area contributed by atoms with E-state index in [1.807, 2.05) is 0 Å². The van der Waals surface area contributed by atoms with Crippen molar-refractivity contribution in [3.8, 4) is 0 Å². The second-order valence-electron chi connectivity index (χ2n) is 4.89. The molecule has 4 N–H and O–H groups in total. The highest BCUT2D eigenvalue weighted by atomic mass is 32.1. The summed E-state index contributed by atoms with van der Waals surface area (Å²) in [6.45, 7) is -0.514. The van der Waals surface area contributed by atoms with Crippen molar-refractivity contribution in [2.24, 2.45) is 0 Å². The molecular formula is C10H13N4O7PS. The number of hydrogen-bond acceptors (Lipinski definition) is 8. The number of nitrogens with one attached hydrogen (secondary N) is 1. The zero-order valence-corrected chi connectivity index (χ0v) is 13.2. The molecule has 1 aliphatic rings. The Morgan fingerprint density at radius 2 is 2.22 bits per heavy atom. The maximum absolute atomic E-state index is 11.6. The van der Waals surface area contributed by atoms with Gasteiger partial charge in [-0.15, -0.1) is 0 Å². The van der Waals surface area contributed by atoms with Gasteiger partial charge in [-0.25, -0.2) is 14.5 Å². The van der Waals surface area contributed by atoms with E-state index in [1.54, 1.807) is 0 Å². The van der Waals surface area contributed by atoms with E-state index in [4.69, 9.17) is 14.5 Å². The molecular weight excluding hydrogens is 351 g/mol. The number of phosphoric ester groups is 1. The molecule has 3 heterocycles. The maximum atomic E-state index is 11.6. The van der Waals surface area contributed by atoms with Crippen LogP contribution in [0.3, 0.4) is 0 Å². The van der Waals surface area contributed by atoms with Crippen molar-refractivity contribution in [2.45, 2.75) is 23.7 Å². The lowest BCUT2D eigenvalue weighted by atomic mass is 10.2. The largest absolute Gasteiger partial charge is 0.469 e. The van der Waals surface area contributed by atoms with E-state index in [0.717, 1.165) is 0 Å². The first-order valence-electron chi connectivity index (χ1n) is 6.40. The van der Waals surface area contributed by atoms with E-state index >= 15 is 0 Å². The predicted octanol–water partition coefficient (Wildman–Crippen LogP) is -1.21. The molecule has 3 rings (SSSR count). The van der Waals surface area contributed by atoms with Crippen LogP contribution in [-0.2, 0) is 13.8 Å². The van der Waals surface area contributed by atoms with Crippen molar-refractivity contribution in [3.05, 3.63) is 23.0 Å². The number of fused-ring (bicyclic) bond motifs is 1. The minimum Gasteiger partial charge on any atom is -0.389 e. The Kier molecular flexibility index (Phi) is 4.31. The zero-order valence-electron chi connectivity index (χ0n) is 11.4. The summed E-state index contributed by atoms with van der Waals surface area (Å²) >= 11 is 4.26. The van der Waals surface area contributed by atoms with Crippen LogP contribution in [0, 0.1) is 0 Å². The lowest BCUT2D eigenvalue weighted by Crippen LogP contribution is -2.30. The van der Waals surface area contributed by atoms with Crippen molar-refractivity contribution >= 4 is 31.6 Å². The molecule has 11 nitrogen and oxygen atoms in total. The molecule has 13 heteroatoms. The highest BCUT2D eigenvalue weighted by molar-refractivity contribution is 7.81. The molecule has 0 amide bonds. The summed E-state index contributed by atoms with van der Waals surface area (Å²) in [5.41, 5.74) is -0.0908. The summed E-state index contributed by atoms with van der Waals surface area (Å²) in [7, 11) is -4.68. The molecule has 2 aromatic heterocycles. The fraction of sp³-hybridized carbons (Fsp3) is 0.500. The molecule has 23 heavy (non-hydrogen) atoms. The first kappa shape index (κ1) is 16.6. The van der Waals surface area contributed by atoms with E-state index in [-0.39, 0.29) is 11.2 Å².